The summed E-state index contributed by atoms with van der Waals surface area (Å²) in [5.41, 5.74) is 10.0. The van der Waals surface area contributed by atoms with Gasteiger partial charge >= 0.3 is 0 Å². The fourth-order valence-electron chi connectivity index (χ4n) is 5.04. The van der Waals surface area contributed by atoms with E-state index in [1.54, 1.807) is 33.4 Å². The first-order chi connectivity index (χ1) is 12.9. The van der Waals surface area contributed by atoms with E-state index in [-0.39, 0.29) is 5.41 Å². The molecule has 0 heterocycles. The first-order valence-corrected chi connectivity index (χ1v) is 11.8. The van der Waals surface area contributed by atoms with Gasteiger partial charge in [-0.05, 0) is 123 Å². The summed E-state index contributed by atoms with van der Waals surface area (Å²) in [6.45, 7) is 13.6. The van der Waals surface area contributed by atoms with E-state index < -0.39 is 0 Å². The van der Waals surface area contributed by atoms with Gasteiger partial charge in [-0.2, -0.15) is 0 Å². The maximum absolute atomic E-state index is 3.93. The van der Waals surface area contributed by atoms with Gasteiger partial charge in [0.2, 0.25) is 0 Å². The van der Waals surface area contributed by atoms with Gasteiger partial charge in [-0.3, -0.25) is 0 Å². The monoisotopic (exact) mass is 474 g/mol. The Kier molecular flexibility index (Phi) is 6.71. The topological polar surface area (TPSA) is 0 Å². The molecule has 0 aromatic carbocycles. The molecule has 0 bridgehead atoms. The summed E-state index contributed by atoms with van der Waals surface area (Å²) < 4.78 is 1.50. The predicted molar refractivity (Wildman–Crippen MR) is 128 cm³/mol. The largest absolute Gasteiger partial charge is 0.103 e. The molecule has 146 valence electrons. The summed E-state index contributed by atoms with van der Waals surface area (Å²) in [7, 11) is 0. The zero-order valence-corrected chi connectivity index (χ0v) is 19.8. The third kappa shape index (κ3) is 4.13. The molecule has 0 aliphatic heterocycles. The van der Waals surface area contributed by atoms with Crippen molar-refractivity contribution < 1.29 is 0 Å². The molecule has 0 fully saturated rings. The lowest BCUT2D eigenvalue weighted by Gasteiger charge is -2.34. The first-order valence-electron chi connectivity index (χ1n) is 10.7. The van der Waals surface area contributed by atoms with Crippen LogP contribution in [0.1, 0.15) is 79.1 Å². The highest BCUT2D eigenvalue weighted by Gasteiger charge is 2.43. The Bertz CT molecular complexity index is 764. The van der Waals surface area contributed by atoms with Gasteiger partial charge < -0.3 is 0 Å². The Balaban J connectivity index is 1.96. The Labute approximate surface area is 180 Å². The summed E-state index contributed by atoms with van der Waals surface area (Å²) in [5.74, 6) is 0.655. The van der Waals surface area contributed by atoms with Crippen LogP contribution in [0.5, 0.6) is 0 Å². The molecule has 1 atom stereocenters. The van der Waals surface area contributed by atoms with Crippen molar-refractivity contribution in [2.75, 3.05) is 0 Å². The molecule has 0 spiro atoms. The molecule has 3 aliphatic carbocycles. The molecule has 0 aromatic heterocycles. The van der Waals surface area contributed by atoms with E-state index in [1.807, 2.05) is 0 Å². The molecule has 0 aromatic rings. The lowest BCUT2D eigenvalue weighted by Crippen LogP contribution is -2.24. The lowest BCUT2D eigenvalue weighted by molar-refractivity contribution is 0.325. The molecule has 0 radical (unpaired) electrons. The van der Waals surface area contributed by atoms with Crippen molar-refractivity contribution in [3.8, 4) is 0 Å². The fraction of sp³-hybridized carbons (Fsp3) is 0.538. The van der Waals surface area contributed by atoms with Gasteiger partial charge in [0, 0.05) is 0 Å². The highest BCUT2D eigenvalue weighted by Crippen LogP contribution is 2.56. The van der Waals surface area contributed by atoms with Crippen molar-refractivity contribution in [1.29, 1.82) is 0 Å². The molecular formula is C26H35I. The standard InChI is InChI=1S/C26H35I/c1-6-8-10-19-16-21(27)13-15-23(19)20-12-14-24-22(11-9-7-2)18(3)26(4,5)25(24)17-20/h6,12,14,16,25H,1,7-11,13,15,17H2,2-5H3. The van der Waals surface area contributed by atoms with Crippen molar-refractivity contribution >= 4 is 22.6 Å². The second kappa shape index (κ2) is 8.68. The van der Waals surface area contributed by atoms with Crippen LogP contribution in [0.15, 0.2) is 67.9 Å². The zero-order valence-electron chi connectivity index (χ0n) is 17.6. The van der Waals surface area contributed by atoms with E-state index in [0.29, 0.717) is 5.92 Å². The normalized spacial score (nSPS) is 24.5. The highest BCUT2D eigenvalue weighted by molar-refractivity contribution is 14.1. The van der Waals surface area contributed by atoms with E-state index >= 15 is 0 Å². The molecule has 0 saturated heterocycles. The highest BCUT2D eigenvalue weighted by atomic mass is 127. The van der Waals surface area contributed by atoms with Gasteiger partial charge in [-0.25, -0.2) is 0 Å². The maximum Gasteiger partial charge on any atom is -0.00300 e. The molecule has 3 aliphatic rings. The number of allylic oxidation sites excluding steroid dienone is 11. The van der Waals surface area contributed by atoms with E-state index in [9.17, 15) is 0 Å². The molecule has 1 unspecified atom stereocenters. The second-order valence-electron chi connectivity index (χ2n) is 8.92. The van der Waals surface area contributed by atoms with Crippen LogP contribution in [0, 0.1) is 11.3 Å². The minimum Gasteiger partial charge on any atom is -0.103 e. The summed E-state index contributed by atoms with van der Waals surface area (Å²) in [6.07, 6.45) is 19.1. The van der Waals surface area contributed by atoms with Crippen molar-refractivity contribution in [2.24, 2.45) is 11.3 Å². The predicted octanol–water partition coefficient (Wildman–Crippen LogP) is 8.78. The maximum atomic E-state index is 3.93. The average Bonchev–Trinajstić information content (AvgIpc) is 2.84. The van der Waals surface area contributed by atoms with E-state index in [0.717, 1.165) is 12.8 Å². The van der Waals surface area contributed by atoms with Gasteiger partial charge in [-0.1, -0.05) is 51.0 Å². The zero-order chi connectivity index (χ0) is 19.6. The Morgan fingerprint density at radius 2 is 2.00 bits per heavy atom. The molecule has 0 N–H and O–H groups in total. The van der Waals surface area contributed by atoms with Gasteiger partial charge in [0.25, 0.3) is 0 Å². The fourth-order valence-corrected chi connectivity index (χ4v) is 5.68. The van der Waals surface area contributed by atoms with Crippen LogP contribution in [0.4, 0.5) is 0 Å². The van der Waals surface area contributed by atoms with Crippen molar-refractivity contribution in [1.82, 2.24) is 0 Å². The van der Waals surface area contributed by atoms with Gasteiger partial charge in [0.05, 0.1) is 0 Å². The number of fused-ring (bicyclic) bond motifs is 1. The quantitative estimate of drug-likeness (QED) is 0.256. The Morgan fingerprint density at radius 3 is 2.70 bits per heavy atom. The molecule has 3 rings (SSSR count). The first kappa shape index (κ1) is 20.9. The summed E-state index contributed by atoms with van der Waals surface area (Å²) in [4.78, 5) is 0. The Morgan fingerprint density at radius 1 is 1.22 bits per heavy atom. The minimum absolute atomic E-state index is 0.287. The molecule has 0 amide bonds. The van der Waals surface area contributed by atoms with Crippen LogP contribution in [0.3, 0.4) is 0 Å². The Hall–Kier alpha value is -0.830. The summed E-state index contributed by atoms with van der Waals surface area (Å²) >= 11 is 2.52. The van der Waals surface area contributed by atoms with Gasteiger partial charge in [0.15, 0.2) is 0 Å². The van der Waals surface area contributed by atoms with E-state index in [4.69, 9.17) is 0 Å². The van der Waals surface area contributed by atoms with E-state index in [2.05, 4.69) is 81.2 Å². The molecule has 1 heteroatoms. The number of hydrogen-bond acceptors (Lipinski definition) is 0. The van der Waals surface area contributed by atoms with Crippen LogP contribution >= 0.6 is 22.6 Å². The second-order valence-corrected chi connectivity index (χ2v) is 10.3. The SMILES string of the molecule is C=CCCC1=C(C2=CC=C3C(CCCC)=C(C)C(C)(C)C3C2)CCC(I)=C1. The van der Waals surface area contributed by atoms with Crippen molar-refractivity contribution in [3.05, 3.63) is 67.9 Å². The van der Waals surface area contributed by atoms with Crippen LogP contribution < -0.4 is 0 Å². The van der Waals surface area contributed by atoms with Crippen LogP contribution in [-0.4, -0.2) is 0 Å². The lowest BCUT2D eigenvalue weighted by atomic mass is 9.70. The smallest absolute Gasteiger partial charge is 0.00300 e. The number of unbranched alkanes of at least 4 members (excludes halogenated alkanes) is 1. The third-order valence-corrected chi connectivity index (χ3v) is 7.87. The summed E-state index contributed by atoms with van der Waals surface area (Å²) in [6, 6.07) is 0. The molecule has 27 heavy (non-hydrogen) atoms. The van der Waals surface area contributed by atoms with Gasteiger partial charge in [0.1, 0.15) is 0 Å². The van der Waals surface area contributed by atoms with Crippen LogP contribution in [0.2, 0.25) is 0 Å². The molecular weight excluding hydrogens is 439 g/mol. The van der Waals surface area contributed by atoms with Crippen LogP contribution in [0.25, 0.3) is 0 Å². The number of halogens is 1. The number of rotatable bonds is 7. The van der Waals surface area contributed by atoms with Gasteiger partial charge in [-0.15, -0.1) is 6.58 Å². The minimum atomic E-state index is 0.287. The van der Waals surface area contributed by atoms with Crippen molar-refractivity contribution in [3.63, 3.8) is 0 Å². The number of hydrogen-bond donors (Lipinski definition) is 0. The van der Waals surface area contributed by atoms with Crippen molar-refractivity contribution in [2.45, 2.75) is 79.1 Å². The average molecular weight is 474 g/mol. The molecule has 0 saturated carbocycles. The van der Waals surface area contributed by atoms with E-state index in [1.165, 1.54) is 42.1 Å². The van der Waals surface area contributed by atoms with Crippen LogP contribution in [-0.2, 0) is 0 Å². The third-order valence-electron chi connectivity index (χ3n) is 7.02. The molecule has 0 nitrogen and oxygen atoms in total. The summed E-state index contributed by atoms with van der Waals surface area (Å²) in [5, 5.41) is 0.